The van der Waals surface area contributed by atoms with Gasteiger partial charge < -0.3 is 9.15 Å². The Bertz CT molecular complexity index is 1090. The molecule has 0 aliphatic rings. The molecule has 2 aromatic heterocycles. The van der Waals surface area contributed by atoms with Crippen molar-refractivity contribution in [1.82, 2.24) is 4.98 Å². The molecule has 0 bridgehead atoms. The first kappa shape index (κ1) is 16.3. The minimum atomic E-state index is -0.400. The second-order valence-corrected chi connectivity index (χ2v) is 6.35. The second kappa shape index (κ2) is 6.61. The lowest BCUT2D eigenvalue weighted by Gasteiger charge is -1.99. The van der Waals surface area contributed by atoms with Crippen molar-refractivity contribution < 1.29 is 18.3 Å². The summed E-state index contributed by atoms with van der Waals surface area (Å²) in [4.78, 5) is 16.8. The average Bonchev–Trinajstić information content (AvgIpc) is 3.29. The molecule has 2 heterocycles. The lowest BCUT2D eigenvalue weighted by molar-refractivity contribution is 0.0998. The van der Waals surface area contributed by atoms with Gasteiger partial charge in [0.15, 0.2) is 22.2 Å². The topological polar surface area (TPSA) is 64.4 Å². The number of ether oxygens (including phenoxy) is 1. The standard InChI is InChI=1S/C19H13FN2O3S/c1-24-15-4-2-3-12-9-16(25-17(12)15)18(23)22-19-21-14(10-26-19)11-5-7-13(20)8-6-11/h2-10H,1H3,(H,21,22,23). The van der Waals surface area contributed by atoms with Gasteiger partial charge in [0.2, 0.25) is 0 Å². The summed E-state index contributed by atoms with van der Waals surface area (Å²) in [6.07, 6.45) is 0. The highest BCUT2D eigenvalue weighted by Gasteiger charge is 2.16. The number of anilines is 1. The fraction of sp³-hybridized carbons (Fsp3) is 0.0526. The van der Waals surface area contributed by atoms with Gasteiger partial charge in [0.05, 0.1) is 12.8 Å². The van der Waals surface area contributed by atoms with Crippen molar-refractivity contribution in [3.63, 3.8) is 0 Å². The Kier molecular flexibility index (Phi) is 4.14. The summed E-state index contributed by atoms with van der Waals surface area (Å²) in [5.41, 5.74) is 1.96. The number of para-hydroxylation sites is 1. The van der Waals surface area contributed by atoms with Crippen LogP contribution >= 0.6 is 11.3 Å². The van der Waals surface area contributed by atoms with Crippen LogP contribution in [0.3, 0.4) is 0 Å². The summed E-state index contributed by atoms with van der Waals surface area (Å²) in [5, 5.41) is 5.72. The lowest BCUT2D eigenvalue weighted by Crippen LogP contribution is -2.10. The third kappa shape index (κ3) is 3.04. The molecule has 4 aromatic rings. The maximum absolute atomic E-state index is 13.0. The number of nitrogens with zero attached hydrogens (tertiary/aromatic N) is 1. The van der Waals surface area contributed by atoms with Crippen LogP contribution in [0.25, 0.3) is 22.2 Å². The van der Waals surface area contributed by atoms with E-state index in [1.54, 1.807) is 36.8 Å². The first-order valence-electron chi connectivity index (χ1n) is 7.73. The minimum absolute atomic E-state index is 0.169. The van der Waals surface area contributed by atoms with E-state index in [9.17, 15) is 9.18 Å². The predicted molar refractivity (Wildman–Crippen MR) is 98.2 cm³/mol. The molecule has 2 aromatic carbocycles. The number of hydrogen-bond acceptors (Lipinski definition) is 5. The minimum Gasteiger partial charge on any atom is -0.493 e. The number of amides is 1. The molecular formula is C19H13FN2O3S. The zero-order valence-electron chi connectivity index (χ0n) is 13.7. The van der Waals surface area contributed by atoms with Gasteiger partial charge in [-0.3, -0.25) is 10.1 Å². The first-order chi connectivity index (χ1) is 12.6. The van der Waals surface area contributed by atoms with Crippen LogP contribution < -0.4 is 10.1 Å². The Balaban J connectivity index is 1.56. The average molecular weight is 368 g/mol. The second-order valence-electron chi connectivity index (χ2n) is 5.49. The molecule has 1 amide bonds. The monoisotopic (exact) mass is 368 g/mol. The molecule has 26 heavy (non-hydrogen) atoms. The molecule has 0 fully saturated rings. The normalized spacial score (nSPS) is 10.8. The SMILES string of the molecule is COc1cccc2cc(C(=O)Nc3nc(-c4ccc(F)cc4)cs3)oc12. The van der Waals surface area contributed by atoms with E-state index in [4.69, 9.17) is 9.15 Å². The van der Waals surface area contributed by atoms with Gasteiger partial charge in [0, 0.05) is 16.3 Å². The number of hydrogen-bond donors (Lipinski definition) is 1. The molecule has 0 aliphatic heterocycles. The largest absolute Gasteiger partial charge is 0.493 e. The molecule has 0 saturated heterocycles. The van der Waals surface area contributed by atoms with Gasteiger partial charge in [-0.25, -0.2) is 9.37 Å². The molecule has 7 heteroatoms. The molecule has 1 N–H and O–H groups in total. The zero-order chi connectivity index (χ0) is 18.1. The van der Waals surface area contributed by atoms with E-state index in [0.29, 0.717) is 22.2 Å². The number of rotatable bonds is 4. The number of halogens is 1. The van der Waals surface area contributed by atoms with Crippen molar-refractivity contribution in [2.75, 3.05) is 12.4 Å². The van der Waals surface area contributed by atoms with Gasteiger partial charge in [-0.15, -0.1) is 11.3 Å². The lowest BCUT2D eigenvalue weighted by atomic mass is 10.2. The van der Waals surface area contributed by atoms with Crippen molar-refractivity contribution in [1.29, 1.82) is 0 Å². The highest BCUT2D eigenvalue weighted by atomic mass is 32.1. The number of benzene rings is 2. The number of nitrogens with one attached hydrogen (secondary N) is 1. The van der Waals surface area contributed by atoms with Gasteiger partial charge in [-0.05, 0) is 36.4 Å². The maximum Gasteiger partial charge on any atom is 0.293 e. The van der Waals surface area contributed by atoms with E-state index in [2.05, 4.69) is 10.3 Å². The molecule has 0 spiro atoms. The van der Waals surface area contributed by atoms with Crippen LogP contribution in [-0.4, -0.2) is 18.0 Å². The van der Waals surface area contributed by atoms with E-state index in [1.807, 2.05) is 12.1 Å². The molecule has 0 unspecified atom stereocenters. The van der Waals surface area contributed by atoms with Gasteiger partial charge >= 0.3 is 0 Å². The number of carbonyl (C=O) groups excluding carboxylic acids is 1. The molecule has 0 atom stereocenters. The maximum atomic E-state index is 13.0. The van der Waals surface area contributed by atoms with Gasteiger partial charge in [0.1, 0.15) is 5.82 Å². The number of methoxy groups -OCH3 is 1. The third-order valence-electron chi connectivity index (χ3n) is 3.82. The molecule has 0 saturated carbocycles. The summed E-state index contributed by atoms with van der Waals surface area (Å²) in [6, 6.07) is 13.1. The Hall–Kier alpha value is -3.19. The fourth-order valence-corrected chi connectivity index (χ4v) is 3.27. The Labute approximate surface area is 152 Å². The van der Waals surface area contributed by atoms with Crippen molar-refractivity contribution >= 4 is 33.3 Å². The number of carbonyl (C=O) groups is 1. The van der Waals surface area contributed by atoms with Crippen LogP contribution in [0.2, 0.25) is 0 Å². The van der Waals surface area contributed by atoms with Crippen LogP contribution in [0, 0.1) is 5.82 Å². The summed E-state index contributed by atoms with van der Waals surface area (Å²) < 4.78 is 23.9. The first-order valence-corrected chi connectivity index (χ1v) is 8.61. The zero-order valence-corrected chi connectivity index (χ0v) is 14.5. The number of aromatic nitrogens is 1. The quantitative estimate of drug-likeness (QED) is 0.553. The fourth-order valence-electron chi connectivity index (χ4n) is 2.55. The smallest absolute Gasteiger partial charge is 0.293 e. The molecule has 5 nitrogen and oxygen atoms in total. The summed E-state index contributed by atoms with van der Waals surface area (Å²) in [5.74, 6) is 0.0264. The van der Waals surface area contributed by atoms with Crippen molar-refractivity contribution in [2.24, 2.45) is 0 Å². The Morgan fingerprint density at radius 2 is 2.04 bits per heavy atom. The van der Waals surface area contributed by atoms with Gasteiger partial charge in [-0.1, -0.05) is 12.1 Å². The van der Waals surface area contributed by atoms with Gasteiger partial charge in [-0.2, -0.15) is 0 Å². The summed E-state index contributed by atoms with van der Waals surface area (Å²) in [7, 11) is 1.55. The van der Waals surface area contributed by atoms with E-state index in [0.717, 1.165) is 10.9 Å². The molecule has 0 radical (unpaired) electrons. The molecule has 130 valence electrons. The Morgan fingerprint density at radius 1 is 1.23 bits per heavy atom. The van der Waals surface area contributed by atoms with Crippen LogP contribution in [-0.2, 0) is 0 Å². The van der Waals surface area contributed by atoms with E-state index < -0.39 is 5.91 Å². The van der Waals surface area contributed by atoms with Crippen molar-refractivity contribution in [3.8, 4) is 17.0 Å². The summed E-state index contributed by atoms with van der Waals surface area (Å²) in [6.45, 7) is 0. The van der Waals surface area contributed by atoms with Crippen LogP contribution in [0.4, 0.5) is 9.52 Å². The van der Waals surface area contributed by atoms with Crippen LogP contribution in [0.15, 0.2) is 58.3 Å². The predicted octanol–water partition coefficient (Wildman–Crippen LogP) is 4.96. The number of furan rings is 1. The molecular weight excluding hydrogens is 355 g/mol. The number of thiazole rings is 1. The van der Waals surface area contributed by atoms with E-state index in [-0.39, 0.29) is 11.6 Å². The highest BCUT2D eigenvalue weighted by molar-refractivity contribution is 7.14. The molecule has 0 aliphatic carbocycles. The number of fused-ring (bicyclic) bond motifs is 1. The Morgan fingerprint density at radius 3 is 2.81 bits per heavy atom. The van der Waals surface area contributed by atoms with Crippen LogP contribution in [0.5, 0.6) is 5.75 Å². The van der Waals surface area contributed by atoms with E-state index in [1.165, 1.54) is 23.5 Å². The summed E-state index contributed by atoms with van der Waals surface area (Å²) >= 11 is 1.28. The van der Waals surface area contributed by atoms with Gasteiger partial charge in [0.25, 0.3) is 5.91 Å². The van der Waals surface area contributed by atoms with Crippen LogP contribution in [0.1, 0.15) is 10.6 Å². The molecule has 4 rings (SSSR count). The van der Waals surface area contributed by atoms with E-state index >= 15 is 0 Å². The van der Waals surface area contributed by atoms with Crippen molar-refractivity contribution in [3.05, 3.63) is 65.5 Å². The highest BCUT2D eigenvalue weighted by Crippen LogP contribution is 2.29. The van der Waals surface area contributed by atoms with Crippen molar-refractivity contribution in [2.45, 2.75) is 0 Å². The third-order valence-corrected chi connectivity index (χ3v) is 4.57.